The fourth-order valence-electron chi connectivity index (χ4n) is 1.72. The molecule has 0 aromatic heterocycles. The minimum absolute atomic E-state index is 0.179. The van der Waals surface area contributed by atoms with E-state index in [-0.39, 0.29) is 4.90 Å². The molecule has 0 saturated carbocycles. The van der Waals surface area contributed by atoms with Crippen molar-refractivity contribution in [3.8, 4) is 0 Å². The van der Waals surface area contributed by atoms with Crippen molar-refractivity contribution in [3.05, 3.63) is 64.2 Å². The van der Waals surface area contributed by atoms with Gasteiger partial charge in [-0.05, 0) is 49.2 Å². The topological polar surface area (TPSA) is 58.5 Å². The Morgan fingerprint density at radius 1 is 1.10 bits per heavy atom. The van der Waals surface area contributed by atoms with Gasteiger partial charge in [-0.15, -0.1) is 0 Å². The van der Waals surface area contributed by atoms with Gasteiger partial charge in [0.15, 0.2) is 0 Å². The highest BCUT2D eigenvalue weighted by molar-refractivity contribution is 7.89. The number of nitrogens with one attached hydrogen (secondary N) is 1. The lowest BCUT2D eigenvalue weighted by Crippen LogP contribution is -2.18. The average Bonchev–Trinajstić information content (AvgIpc) is 2.41. The summed E-state index contributed by atoms with van der Waals surface area (Å²) in [7, 11) is -3.64. The van der Waals surface area contributed by atoms with Crippen LogP contribution >= 0.6 is 11.6 Å². The van der Waals surface area contributed by atoms with Crippen molar-refractivity contribution in [2.24, 2.45) is 5.10 Å². The van der Waals surface area contributed by atoms with Crippen LogP contribution in [0.3, 0.4) is 0 Å². The van der Waals surface area contributed by atoms with Gasteiger partial charge in [-0.25, -0.2) is 4.83 Å². The standard InChI is InChI=1S/C15H15ClN2O2S/c1-11-3-7-15(8-4-11)21(19,20)18-17-10-13-5-6-14(16)9-12(13)2/h3-10,18H,1-2H3. The van der Waals surface area contributed by atoms with Crippen LogP contribution in [0.1, 0.15) is 16.7 Å². The molecular formula is C15H15ClN2O2S. The zero-order valence-electron chi connectivity index (χ0n) is 11.7. The van der Waals surface area contributed by atoms with E-state index in [9.17, 15) is 8.42 Å². The molecule has 2 rings (SSSR count). The molecule has 0 amide bonds. The highest BCUT2D eigenvalue weighted by Gasteiger charge is 2.11. The van der Waals surface area contributed by atoms with E-state index in [1.165, 1.54) is 6.21 Å². The van der Waals surface area contributed by atoms with Crippen LogP contribution in [0.15, 0.2) is 52.5 Å². The van der Waals surface area contributed by atoms with Crippen molar-refractivity contribution < 1.29 is 8.42 Å². The number of halogens is 1. The lowest BCUT2D eigenvalue weighted by molar-refractivity contribution is 0.584. The maximum absolute atomic E-state index is 12.0. The maximum atomic E-state index is 12.0. The second-order valence-electron chi connectivity index (χ2n) is 4.67. The summed E-state index contributed by atoms with van der Waals surface area (Å²) in [6.07, 6.45) is 1.46. The number of hydrazone groups is 1. The van der Waals surface area contributed by atoms with Gasteiger partial charge in [0, 0.05) is 5.02 Å². The summed E-state index contributed by atoms with van der Waals surface area (Å²) < 4.78 is 24.1. The minimum Gasteiger partial charge on any atom is -0.200 e. The molecule has 6 heteroatoms. The van der Waals surface area contributed by atoms with Gasteiger partial charge in [-0.1, -0.05) is 35.4 Å². The molecule has 2 aromatic carbocycles. The third-order valence-electron chi connectivity index (χ3n) is 2.94. The van der Waals surface area contributed by atoms with Gasteiger partial charge in [-0.2, -0.15) is 13.5 Å². The first-order chi connectivity index (χ1) is 9.88. The molecule has 110 valence electrons. The molecule has 1 N–H and O–H groups in total. The number of sulfonamides is 1. The quantitative estimate of drug-likeness (QED) is 0.693. The summed E-state index contributed by atoms with van der Waals surface area (Å²) >= 11 is 5.86. The summed E-state index contributed by atoms with van der Waals surface area (Å²) in [6, 6.07) is 11.9. The van der Waals surface area contributed by atoms with E-state index >= 15 is 0 Å². The van der Waals surface area contributed by atoms with E-state index in [0.717, 1.165) is 16.7 Å². The maximum Gasteiger partial charge on any atom is 0.276 e. The molecular weight excluding hydrogens is 308 g/mol. The molecule has 0 aliphatic rings. The van der Waals surface area contributed by atoms with E-state index in [2.05, 4.69) is 9.93 Å². The molecule has 0 fully saturated rings. The third kappa shape index (κ3) is 4.06. The van der Waals surface area contributed by atoms with Crippen LogP contribution in [0.2, 0.25) is 5.02 Å². The second kappa shape index (κ2) is 6.28. The molecule has 0 aliphatic heterocycles. The monoisotopic (exact) mass is 322 g/mol. The SMILES string of the molecule is Cc1ccc(S(=O)(=O)NN=Cc2ccc(Cl)cc2C)cc1. The predicted octanol–water partition coefficient (Wildman–Crippen LogP) is 3.27. The Kier molecular flexibility index (Phi) is 4.65. The van der Waals surface area contributed by atoms with E-state index < -0.39 is 10.0 Å². The van der Waals surface area contributed by atoms with Gasteiger partial charge in [0.05, 0.1) is 11.1 Å². The fourth-order valence-corrected chi connectivity index (χ4v) is 2.74. The molecule has 0 spiro atoms. The Hall–Kier alpha value is -1.85. The number of aryl methyl sites for hydroxylation is 2. The Labute approximate surface area is 129 Å². The summed E-state index contributed by atoms with van der Waals surface area (Å²) in [6.45, 7) is 3.77. The van der Waals surface area contributed by atoms with Crippen LogP contribution in [0.25, 0.3) is 0 Å². The largest absolute Gasteiger partial charge is 0.276 e. The van der Waals surface area contributed by atoms with Gasteiger partial charge in [0.25, 0.3) is 10.0 Å². The average molecular weight is 323 g/mol. The zero-order valence-corrected chi connectivity index (χ0v) is 13.2. The van der Waals surface area contributed by atoms with Gasteiger partial charge in [-0.3, -0.25) is 0 Å². The van der Waals surface area contributed by atoms with Gasteiger partial charge in [0.1, 0.15) is 0 Å². The van der Waals surface area contributed by atoms with Crippen molar-refractivity contribution in [3.63, 3.8) is 0 Å². The van der Waals surface area contributed by atoms with Crippen LogP contribution in [0.4, 0.5) is 0 Å². The molecule has 0 aliphatic carbocycles. The second-order valence-corrected chi connectivity index (χ2v) is 6.76. The van der Waals surface area contributed by atoms with Crippen molar-refractivity contribution in [2.75, 3.05) is 0 Å². The fraction of sp³-hybridized carbons (Fsp3) is 0.133. The first kappa shape index (κ1) is 15.5. The van der Waals surface area contributed by atoms with Gasteiger partial charge in [0.2, 0.25) is 0 Å². The van der Waals surface area contributed by atoms with Crippen LogP contribution in [0, 0.1) is 13.8 Å². The van der Waals surface area contributed by atoms with Gasteiger partial charge >= 0.3 is 0 Å². The number of benzene rings is 2. The van der Waals surface area contributed by atoms with Crippen molar-refractivity contribution in [2.45, 2.75) is 18.7 Å². The normalized spacial score (nSPS) is 11.8. The molecule has 4 nitrogen and oxygen atoms in total. The first-order valence-corrected chi connectivity index (χ1v) is 8.12. The molecule has 21 heavy (non-hydrogen) atoms. The van der Waals surface area contributed by atoms with Crippen LogP contribution in [-0.2, 0) is 10.0 Å². The smallest absolute Gasteiger partial charge is 0.200 e. The van der Waals surface area contributed by atoms with Crippen LogP contribution in [0.5, 0.6) is 0 Å². The van der Waals surface area contributed by atoms with E-state index in [4.69, 9.17) is 11.6 Å². The minimum atomic E-state index is -3.64. The van der Waals surface area contributed by atoms with Crippen molar-refractivity contribution in [1.29, 1.82) is 0 Å². The van der Waals surface area contributed by atoms with Crippen molar-refractivity contribution in [1.82, 2.24) is 4.83 Å². The molecule has 0 bridgehead atoms. The summed E-state index contributed by atoms with van der Waals surface area (Å²) in [5.41, 5.74) is 2.71. The lowest BCUT2D eigenvalue weighted by Gasteiger charge is -2.04. The van der Waals surface area contributed by atoms with Crippen LogP contribution < -0.4 is 4.83 Å². The third-order valence-corrected chi connectivity index (χ3v) is 4.41. The van der Waals surface area contributed by atoms with Crippen LogP contribution in [-0.4, -0.2) is 14.6 Å². The first-order valence-electron chi connectivity index (χ1n) is 6.26. The van der Waals surface area contributed by atoms with E-state index in [1.807, 2.05) is 13.8 Å². The molecule has 2 aromatic rings. The zero-order chi connectivity index (χ0) is 15.5. The lowest BCUT2D eigenvalue weighted by atomic mass is 10.1. The van der Waals surface area contributed by atoms with Crippen molar-refractivity contribution >= 4 is 27.8 Å². The number of hydrogen-bond acceptors (Lipinski definition) is 3. The Bertz CT molecular complexity index is 769. The Morgan fingerprint density at radius 3 is 2.38 bits per heavy atom. The number of hydrogen-bond donors (Lipinski definition) is 1. The summed E-state index contributed by atoms with van der Waals surface area (Å²) in [5.74, 6) is 0. The number of rotatable bonds is 4. The Morgan fingerprint density at radius 2 is 1.76 bits per heavy atom. The highest BCUT2D eigenvalue weighted by Crippen LogP contribution is 2.14. The van der Waals surface area contributed by atoms with E-state index in [1.54, 1.807) is 42.5 Å². The molecule has 0 unspecified atom stereocenters. The molecule has 0 atom stereocenters. The molecule has 0 radical (unpaired) electrons. The predicted molar refractivity (Wildman–Crippen MR) is 85.3 cm³/mol. The highest BCUT2D eigenvalue weighted by atomic mass is 35.5. The van der Waals surface area contributed by atoms with E-state index in [0.29, 0.717) is 5.02 Å². The molecule has 0 saturated heterocycles. The Balaban J connectivity index is 2.14. The van der Waals surface area contributed by atoms with Gasteiger partial charge < -0.3 is 0 Å². The molecule has 0 heterocycles. The number of nitrogens with zero attached hydrogens (tertiary/aromatic N) is 1. The summed E-state index contributed by atoms with van der Waals surface area (Å²) in [5, 5.41) is 4.43. The summed E-state index contributed by atoms with van der Waals surface area (Å²) in [4.78, 5) is 2.37.